The number of aliphatic imine (C=N–C) groups is 1. The zero-order chi connectivity index (χ0) is 18.2. The van der Waals surface area contributed by atoms with Gasteiger partial charge in [0.25, 0.3) is 0 Å². The van der Waals surface area contributed by atoms with E-state index in [-0.39, 0.29) is 24.0 Å². The molecule has 1 aromatic rings. The van der Waals surface area contributed by atoms with Gasteiger partial charge in [-0.15, -0.1) is 40.8 Å². The van der Waals surface area contributed by atoms with E-state index in [0.29, 0.717) is 19.0 Å². The molecule has 1 aliphatic heterocycles. The number of hydrogen-bond donors (Lipinski definition) is 1. The second-order valence-corrected chi connectivity index (χ2v) is 6.62. The summed E-state index contributed by atoms with van der Waals surface area (Å²) in [6.07, 6.45) is 3.08. The number of rotatable bonds is 8. The first-order chi connectivity index (χ1) is 12.1. The maximum absolute atomic E-state index is 4.79. The van der Waals surface area contributed by atoms with Gasteiger partial charge in [0.15, 0.2) is 11.8 Å². The third-order valence-electron chi connectivity index (χ3n) is 4.95. The second kappa shape index (κ2) is 11.5. The van der Waals surface area contributed by atoms with E-state index < -0.39 is 0 Å². The summed E-state index contributed by atoms with van der Waals surface area (Å²) in [5.41, 5.74) is 0. The summed E-state index contributed by atoms with van der Waals surface area (Å²) in [7, 11) is 1.98. The molecule has 1 aromatic heterocycles. The lowest BCUT2D eigenvalue weighted by molar-refractivity contribution is 0.255. The van der Waals surface area contributed by atoms with Gasteiger partial charge in [-0.05, 0) is 32.4 Å². The summed E-state index contributed by atoms with van der Waals surface area (Å²) in [4.78, 5) is 9.65. The summed E-state index contributed by atoms with van der Waals surface area (Å²) in [6, 6.07) is 0. The maximum Gasteiger partial charge on any atom is 0.194 e. The Morgan fingerprint density at radius 1 is 1.38 bits per heavy atom. The molecule has 1 aliphatic rings. The van der Waals surface area contributed by atoms with Crippen LogP contribution in [-0.2, 0) is 13.6 Å². The van der Waals surface area contributed by atoms with Crippen molar-refractivity contribution in [2.24, 2.45) is 18.0 Å². The van der Waals surface area contributed by atoms with E-state index in [1.54, 1.807) is 0 Å². The molecule has 1 unspecified atom stereocenters. The molecule has 1 fully saturated rings. The normalized spacial score (nSPS) is 17.5. The van der Waals surface area contributed by atoms with Crippen LogP contribution in [0.1, 0.15) is 31.9 Å². The minimum Gasteiger partial charge on any atom is -0.353 e. The van der Waals surface area contributed by atoms with Crippen LogP contribution >= 0.6 is 24.0 Å². The van der Waals surface area contributed by atoms with Crippen LogP contribution in [0.3, 0.4) is 0 Å². The number of nitrogens with one attached hydrogen (secondary N) is 1. The molecule has 26 heavy (non-hydrogen) atoms. The molecule has 2 rings (SSSR count). The van der Waals surface area contributed by atoms with Crippen LogP contribution in [0.5, 0.6) is 0 Å². The number of guanidine groups is 1. The van der Waals surface area contributed by atoms with Crippen molar-refractivity contribution in [3.8, 4) is 0 Å². The van der Waals surface area contributed by atoms with Gasteiger partial charge in [0.05, 0.1) is 0 Å². The molecule has 7 nitrogen and oxygen atoms in total. The van der Waals surface area contributed by atoms with Crippen molar-refractivity contribution in [2.75, 3.05) is 39.3 Å². The molecule has 0 saturated carbocycles. The van der Waals surface area contributed by atoms with Crippen molar-refractivity contribution in [1.82, 2.24) is 29.9 Å². The first kappa shape index (κ1) is 22.9. The number of hydrogen-bond acceptors (Lipinski definition) is 4. The summed E-state index contributed by atoms with van der Waals surface area (Å²) in [6.45, 7) is 17.0. The van der Waals surface area contributed by atoms with E-state index in [0.717, 1.165) is 43.8 Å². The van der Waals surface area contributed by atoms with Crippen molar-refractivity contribution in [3.05, 3.63) is 24.3 Å². The fraction of sp³-hybridized carbons (Fsp3) is 0.722. The molecule has 0 aliphatic carbocycles. The van der Waals surface area contributed by atoms with Gasteiger partial charge in [-0.25, -0.2) is 4.99 Å². The Kier molecular flexibility index (Phi) is 10.1. The summed E-state index contributed by atoms with van der Waals surface area (Å²) in [5, 5.41) is 11.7. The molecule has 2 heterocycles. The standard InChI is InChI=1S/C18H33N7.HI/c1-6-10-19-18(20-12-17-22-21-15(4)23(17)5)25-11-9-16(14-25)13-24(7-2)8-3;/h6,16H,1,7-14H2,2-5H3,(H,19,20);1H. The molecule has 1 N–H and O–H groups in total. The molecule has 0 spiro atoms. The number of halogens is 1. The van der Waals surface area contributed by atoms with Gasteiger partial charge in [-0.3, -0.25) is 0 Å². The number of aromatic nitrogens is 3. The Labute approximate surface area is 175 Å². The van der Waals surface area contributed by atoms with Crippen LogP contribution in [0.4, 0.5) is 0 Å². The van der Waals surface area contributed by atoms with Crippen LogP contribution < -0.4 is 5.32 Å². The number of aryl methyl sites for hydroxylation is 1. The van der Waals surface area contributed by atoms with E-state index >= 15 is 0 Å². The van der Waals surface area contributed by atoms with Crippen molar-refractivity contribution >= 4 is 29.9 Å². The number of likely N-dealkylation sites (tertiary alicyclic amines) is 1. The highest BCUT2D eigenvalue weighted by Gasteiger charge is 2.26. The maximum atomic E-state index is 4.79. The molecule has 0 radical (unpaired) electrons. The summed E-state index contributed by atoms with van der Waals surface area (Å²) >= 11 is 0. The lowest BCUT2D eigenvalue weighted by Gasteiger charge is -2.24. The fourth-order valence-electron chi connectivity index (χ4n) is 3.19. The van der Waals surface area contributed by atoms with E-state index in [1.165, 1.54) is 13.0 Å². The summed E-state index contributed by atoms with van der Waals surface area (Å²) < 4.78 is 1.99. The molecule has 148 valence electrons. The lowest BCUT2D eigenvalue weighted by atomic mass is 10.1. The average molecular weight is 475 g/mol. The molecule has 1 atom stereocenters. The average Bonchev–Trinajstić information content (AvgIpc) is 3.21. The van der Waals surface area contributed by atoms with Gasteiger partial charge in [-0.2, -0.15) is 0 Å². The SMILES string of the molecule is C=CCNC(=NCc1nnc(C)n1C)N1CCC(CN(CC)CC)C1.I. The fourth-order valence-corrected chi connectivity index (χ4v) is 3.19. The molecule has 0 amide bonds. The van der Waals surface area contributed by atoms with Gasteiger partial charge in [0.2, 0.25) is 0 Å². The molecular formula is C18H34IN7. The topological polar surface area (TPSA) is 61.6 Å². The minimum absolute atomic E-state index is 0. The van der Waals surface area contributed by atoms with Gasteiger partial charge in [0, 0.05) is 33.2 Å². The lowest BCUT2D eigenvalue weighted by Crippen LogP contribution is -2.41. The Morgan fingerprint density at radius 2 is 2.12 bits per heavy atom. The quantitative estimate of drug-likeness (QED) is 0.270. The zero-order valence-electron chi connectivity index (χ0n) is 16.6. The van der Waals surface area contributed by atoms with Crippen molar-refractivity contribution < 1.29 is 0 Å². The first-order valence-electron chi connectivity index (χ1n) is 9.30. The Morgan fingerprint density at radius 3 is 2.69 bits per heavy atom. The van der Waals surface area contributed by atoms with E-state index in [2.05, 4.69) is 45.7 Å². The van der Waals surface area contributed by atoms with Crippen LogP contribution in [0.2, 0.25) is 0 Å². The van der Waals surface area contributed by atoms with Crippen LogP contribution in [0, 0.1) is 12.8 Å². The third-order valence-corrected chi connectivity index (χ3v) is 4.95. The Balaban J connectivity index is 0.00000338. The smallest absolute Gasteiger partial charge is 0.194 e. The van der Waals surface area contributed by atoms with E-state index in [1.807, 2.05) is 24.6 Å². The highest BCUT2D eigenvalue weighted by atomic mass is 127. The number of nitrogens with zero attached hydrogens (tertiary/aromatic N) is 6. The zero-order valence-corrected chi connectivity index (χ0v) is 18.9. The molecule has 0 aromatic carbocycles. The van der Waals surface area contributed by atoms with Crippen LogP contribution in [-0.4, -0.2) is 69.8 Å². The summed E-state index contributed by atoms with van der Waals surface area (Å²) in [5.74, 6) is 3.44. The van der Waals surface area contributed by atoms with Crippen molar-refractivity contribution in [3.63, 3.8) is 0 Å². The highest BCUT2D eigenvalue weighted by Crippen LogP contribution is 2.18. The molecule has 1 saturated heterocycles. The Bertz CT molecular complexity index is 580. The van der Waals surface area contributed by atoms with Gasteiger partial charge >= 0.3 is 0 Å². The Hall–Kier alpha value is -1.16. The largest absolute Gasteiger partial charge is 0.353 e. The molecule has 0 bridgehead atoms. The first-order valence-corrected chi connectivity index (χ1v) is 9.30. The van der Waals surface area contributed by atoms with Crippen LogP contribution in [0.25, 0.3) is 0 Å². The predicted octanol–water partition coefficient (Wildman–Crippen LogP) is 2.04. The second-order valence-electron chi connectivity index (χ2n) is 6.62. The van der Waals surface area contributed by atoms with Gasteiger partial charge in [0.1, 0.15) is 12.4 Å². The third kappa shape index (κ3) is 6.22. The minimum atomic E-state index is 0. The van der Waals surface area contributed by atoms with Crippen molar-refractivity contribution in [1.29, 1.82) is 0 Å². The van der Waals surface area contributed by atoms with Crippen molar-refractivity contribution in [2.45, 2.75) is 33.7 Å². The molecule has 8 heteroatoms. The van der Waals surface area contributed by atoms with Gasteiger partial charge in [-0.1, -0.05) is 19.9 Å². The monoisotopic (exact) mass is 475 g/mol. The van der Waals surface area contributed by atoms with E-state index in [4.69, 9.17) is 4.99 Å². The van der Waals surface area contributed by atoms with Gasteiger partial charge < -0.3 is 19.7 Å². The van der Waals surface area contributed by atoms with E-state index in [9.17, 15) is 0 Å². The predicted molar refractivity (Wildman–Crippen MR) is 118 cm³/mol. The molecular weight excluding hydrogens is 441 g/mol. The van der Waals surface area contributed by atoms with Crippen LogP contribution in [0.15, 0.2) is 17.6 Å². The highest BCUT2D eigenvalue weighted by molar-refractivity contribution is 14.0.